The second kappa shape index (κ2) is 11.0. The SMILES string of the molecule is CN(C)C1C=CC2=C(c3ccc(C(=O)NC4CCC(N)CC4)cc3C(=O)[O-])C3=CCC(N(C)C)C=C3OC2=C1. The Kier molecular flexibility index (Phi) is 7.62. The lowest BCUT2D eigenvalue weighted by Crippen LogP contribution is -2.40. The van der Waals surface area contributed by atoms with Gasteiger partial charge < -0.3 is 30.6 Å². The zero-order chi connectivity index (χ0) is 27.8. The van der Waals surface area contributed by atoms with E-state index in [9.17, 15) is 14.7 Å². The largest absolute Gasteiger partial charge is 0.545 e. The van der Waals surface area contributed by atoms with Crippen molar-refractivity contribution < 1.29 is 19.4 Å². The van der Waals surface area contributed by atoms with Crippen molar-refractivity contribution in [2.45, 2.75) is 56.3 Å². The van der Waals surface area contributed by atoms with Gasteiger partial charge in [-0.1, -0.05) is 24.3 Å². The molecule has 1 saturated carbocycles. The van der Waals surface area contributed by atoms with E-state index in [2.05, 4.69) is 33.3 Å². The van der Waals surface area contributed by atoms with Gasteiger partial charge in [0, 0.05) is 52.0 Å². The summed E-state index contributed by atoms with van der Waals surface area (Å²) in [6.45, 7) is 0. The van der Waals surface area contributed by atoms with Gasteiger partial charge in [0.05, 0.1) is 5.97 Å². The average molecular weight is 530 g/mol. The lowest BCUT2D eigenvalue weighted by atomic mass is 9.81. The quantitative estimate of drug-likeness (QED) is 0.582. The molecule has 0 saturated heterocycles. The van der Waals surface area contributed by atoms with Gasteiger partial charge in [-0.25, -0.2) is 0 Å². The highest BCUT2D eigenvalue weighted by atomic mass is 16.5. The maximum Gasteiger partial charge on any atom is 0.251 e. The van der Waals surface area contributed by atoms with Gasteiger partial charge in [-0.05, 0) is 90.1 Å². The molecule has 4 aliphatic rings. The van der Waals surface area contributed by atoms with E-state index in [1.165, 1.54) is 6.07 Å². The number of aromatic carboxylic acids is 1. The number of nitrogens with one attached hydrogen (secondary N) is 1. The Morgan fingerprint density at radius 3 is 2.44 bits per heavy atom. The van der Waals surface area contributed by atoms with Crippen molar-refractivity contribution in [3.8, 4) is 0 Å². The third kappa shape index (κ3) is 5.50. The number of nitrogens with zero attached hydrogens (tertiary/aromatic N) is 2. The maximum absolute atomic E-state index is 13.1. The van der Waals surface area contributed by atoms with Crippen molar-refractivity contribution in [2.24, 2.45) is 5.73 Å². The van der Waals surface area contributed by atoms with Crippen LogP contribution in [0.1, 0.15) is 58.4 Å². The lowest BCUT2D eigenvalue weighted by molar-refractivity contribution is -0.255. The van der Waals surface area contributed by atoms with Crippen molar-refractivity contribution in [3.05, 3.63) is 87.9 Å². The van der Waals surface area contributed by atoms with Gasteiger partial charge >= 0.3 is 0 Å². The lowest BCUT2D eigenvalue weighted by Gasteiger charge is -2.35. The molecule has 0 bridgehead atoms. The van der Waals surface area contributed by atoms with E-state index in [-0.39, 0.29) is 35.6 Å². The smallest absolute Gasteiger partial charge is 0.251 e. The summed E-state index contributed by atoms with van der Waals surface area (Å²) < 4.78 is 6.42. The standard InChI is InChI=1S/C31H38N4O4/c1-34(2)21-10-13-24-27(16-21)39-28-17-22(35(3)4)11-14-25(28)29(24)23-12-5-18(15-26(23)31(37)38)30(36)33-20-8-6-19(32)7-9-20/h5,10,12-17,19-22H,6-9,11,32H2,1-4H3,(H,33,36)(H,37,38)/p-1. The molecule has 1 aliphatic heterocycles. The van der Waals surface area contributed by atoms with Gasteiger partial charge in [-0.3, -0.25) is 9.69 Å². The number of hydrogen-bond acceptors (Lipinski definition) is 7. The third-order valence-electron chi connectivity index (χ3n) is 8.12. The van der Waals surface area contributed by atoms with Crippen LogP contribution in [-0.2, 0) is 4.74 Å². The first-order chi connectivity index (χ1) is 18.6. The van der Waals surface area contributed by atoms with E-state index in [0.29, 0.717) is 22.6 Å². The van der Waals surface area contributed by atoms with E-state index in [4.69, 9.17) is 10.5 Å². The number of nitrogens with two attached hydrogens (primary N) is 1. The molecule has 0 radical (unpaired) electrons. The normalized spacial score (nSPS) is 26.3. The maximum atomic E-state index is 13.1. The van der Waals surface area contributed by atoms with E-state index < -0.39 is 5.97 Å². The Morgan fingerprint density at radius 1 is 1.03 bits per heavy atom. The summed E-state index contributed by atoms with van der Waals surface area (Å²) in [5, 5.41) is 15.5. The molecule has 8 heteroatoms. The highest BCUT2D eigenvalue weighted by Gasteiger charge is 2.33. The van der Waals surface area contributed by atoms with Crippen molar-refractivity contribution in [3.63, 3.8) is 0 Å². The van der Waals surface area contributed by atoms with Crippen LogP contribution in [0.4, 0.5) is 0 Å². The summed E-state index contributed by atoms with van der Waals surface area (Å²) in [7, 11) is 8.04. The summed E-state index contributed by atoms with van der Waals surface area (Å²) in [4.78, 5) is 29.8. The van der Waals surface area contributed by atoms with Gasteiger partial charge in [-0.2, -0.15) is 0 Å². The fraction of sp³-hybridized carbons (Fsp3) is 0.419. The Labute approximate surface area is 230 Å². The first-order valence-electron chi connectivity index (χ1n) is 13.6. The predicted molar refractivity (Wildman–Crippen MR) is 149 cm³/mol. The van der Waals surface area contributed by atoms with Crippen LogP contribution in [0.3, 0.4) is 0 Å². The number of carbonyl (C=O) groups excluding carboxylic acids is 2. The topological polar surface area (TPSA) is 111 Å². The molecule has 0 spiro atoms. The number of likely N-dealkylation sites (N-methyl/N-ethyl adjacent to an activating group) is 2. The molecule has 1 heterocycles. The van der Waals surface area contributed by atoms with Crippen molar-refractivity contribution in [1.82, 2.24) is 15.1 Å². The van der Waals surface area contributed by atoms with Gasteiger partial charge in [-0.15, -0.1) is 0 Å². The Hall–Kier alpha value is -3.46. The van der Waals surface area contributed by atoms with E-state index in [1.54, 1.807) is 12.1 Å². The van der Waals surface area contributed by atoms with E-state index in [1.807, 2.05) is 40.3 Å². The summed E-state index contributed by atoms with van der Waals surface area (Å²) in [5.74, 6) is -0.213. The number of fused-ring (bicyclic) bond motifs is 2. The molecule has 5 rings (SSSR count). The number of allylic oxidation sites excluding steroid dienone is 2. The first-order valence-corrected chi connectivity index (χ1v) is 13.6. The van der Waals surface area contributed by atoms with Crippen LogP contribution >= 0.6 is 0 Å². The number of benzene rings is 1. The number of carboxylic acids is 1. The molecule has 1 aromatic rings. The molecule has 1 amide bonds. The Morgan fingerprint density at radius 2 is 1.77 bits per heavy atom. The molecule has 3 aliphatic carbocycles. The summed E-state index contributed by atoms with van der Waals surface area (Å²) in [6, 6.07) is 5.29. The zero-order valence-electron chi connectivity index (χ0n) is 23.1. The second-order valence-electron chi connectivity index (χ2n) is 11.3. The van der Waals surface area contributed by atoms with Crippen LogP contribution in [0.5, 0.6) is 0 Å². The summed E-state index contributed by atoms with van der Waals surface area (Å²) in [5.41, 5.74) is 9.23. The minimum atomic E-state index is -1.33. The molecule has 8 nitrogen and oxygen atoms in total. The molecule has 2 unspecified atom stereocenters. The van der Waals surface area contributed by atoms with Crippen LogP contribution < -0.4 is 16.2 Å². The highest BCUT2D eigenvalue weighted by molar-refractivity contribution is 6.03. The minimum Gasteiger partial charge on any atom is -0.545 e. The van der Waals surface area contributed by atoms with Crippen LogP contribution in [-0.4, -0.2) is 74.0 Å². The van der Waals surface area contributed by atoms with Crippen molar-refractivity contribution >= 4 is 17.4 Å². The molecular formula is C31H37N4O4-. The number of amides is 1. The molecular weight excluding hydrogens is 492 g/mol. The van der Waals surface area contributed by atoms with Crippen LogP contribution in [0.15, 0.2) is 71.2 Å². The molecule has 0 aromatic heterocycles. The molecule has 3 N–H and O–H groups in total. The minimum absolute atomic E-state index is 0.0183. The van der Waals surface area contributed by atoms with Crippen molar-refractivity contribution in [1.29, 1.82) is 0 Å². The van der Waals surface area contributed by atoms with Crippen LogP contribution in [0, 0.1) is 0 Å². The molecule has 1 fully saturated rings. The van der Waals surface area contributed by atoms with Gasteiger partial charge in [0.2, 0.25) is 0 Å². The molecule has 1 aromatic carbocycles. The number of carboxylic acid groups (broad SMARTS) is 1. The number of hydrogen-bond donors (Lipinski definition) is 2. The molecule has 206 valence electrons. The van der Waals surface area contributed by atoms with Gasteiger partial charge in [0.25, 0.3) is 5.91 Å². The fourth-order valence-electron chi connectivity index (χ4n) is 5.70. The van der Waals surface area contributed by atoms with Gasteiger partial charge in [0.15, 0.2) is 0 Å². The predicted octanol–water partition coefficient (Wildman–Crippen LogP) is 2.36. The first kappa shape index (κ1) is 27.1. The van der Waals surface area contributed by atoms with E-state index >= 15 is 0 Å². The average Bonchev–Trinajstić information content (AvgIpc) is 2.91. The van der Waals surface area contributed by atoms with Crippen LogP contribution in [0.2, 0.25) is 0 Å². The fourth-order valence-corrected chi connectivity index (χ4v) is 5.70. The van der Waals surface area contributed by atoms with E-state index in [0.717, 1.165) is 48.8 Å². The highest BCUT2D eigenvalue weighted by Crippen LogP contribution is 2.46. The monoisotopic (exact) mass is 529 g/mol. The zero-order valence-corrected chi connectivity index (χ0v) is 23.1. The van der Waals surface area contributed by atoms with Gasteiger partial charge in [0.1, 0.15) is 11.5 Å². The molecule has 39 heavy (non-hydrogen) atoms. The second-order valence-corrected chi connectivity index (χ2v) is 11.3. The Bertz CT molecular complexity index is 1330. The Balaban J connectivity index is 1.56. The third-order valence-corrected chi connectivity index (χ3v) is 8.12. The van der Waals surface area contributed by atoms with Crippen LogP contribution in [0.25, 0.3) is 5.57 Å². The summed E-state index contributed by atoms with van der Waals surface area (Å²) in [6.07, 6.45) is 14.4. The number of rotatable bonds is 6. The summed E-state index contributed by atoms with van der Waals surface area (Å²) >= 11 is 0. The van der Waals surface area contributed by atoms with Crippen molar-refractivity contribution in [2.75, 3.05) is 28.2 Å². The number of ether oxygens (including phenoxy) is 1. The number of carbonyl (C=O) groups is 2. The molecule has 2 atom stereocenters.